The number of carbonyl (C=O) groups is 1. The van der Waals surface area contributed by atoms with E-state index in [2.05, 4.69) is 10.3 Å². The van der Waals surface area contributed by atoms with Crippen LogP contribution in [0.15, 0.2) is 35.4 Å². The quantitative estimate of drug-likeness (QED) is 0.597. The van der Waals surface area contributed by atoms with Crippen LogP contribution < -0.4 is 10.9 Å². The van der Waals surface area contributed by atoms with Crippen molar-refractivity contribution in [2.45, 2.75) is 59.3 Å². The highest BCUT2D eigenvalue weighted by Crippen LogP contribution is 2.39. The molecule has 0 saturated carbocycles. The normalized spacial score (nSPS) is 12.4. The minimum atomic E-state index is -0.520. The molecular weight excluding hydrogens is 366 g/mol. The Hall–Kier alpha value is -3.02. The second kappa shape index (κ2) is 6.79. The molecule has 6 heteroatoms. The highest BCUT2D eigenvalue weighted by Gasteiger charge is 2.26. The molecule has 0 spiro atoms. The molecule has 0 fully saturated rings. The summed E-state index contributed by atoms with van der Waals surface area (Å²) in [6, 6.07) is 5.35. The van der Waals surface area contributed by atoms with Crippen LogP contribution >= 0.6 is 0 Å². The number of rotatable bonds is 2. The molecule has 1 aromatic carbocycles. The zero-order valence-corrected chi connectivity index (χ0v) is 18.1. The van der Waals surface area contributed by atoms with Gasteiger partial charge in [-0.15, -0.1) is 0 Å². The Morgan fingerprint density at radius 2 is 1.66 bits per heavy atom. The Kier molecular flexibility index (Phi) is 4.85. The molecule has 154 valence electrons. The van der Waals surface area contributed by atoms with Crippen molar-refractivity contribution in [2.75, 3.05) is 5.32 Å². The summed E-state index contributed by atoms with van der Waals surface area (Å²) in [6.07, 6.45) is 3.11. The number of aromatic hydroxyl groups is 1. The van der Waals surface area contributed by atoms with Gasteiger partial charge in [0.1, 0.15) is 17.0 Å². The summed E-state index contributed by atoms with van der Waals surface area (Å²) in [5, 5.41) is 13.4. The van der Waals surface area contributed by atoms with Crippen LogP contribution in [0.3, 0.4) is 0 Å². The molecule has 2 heterocycles. The second-order valence-electron chi connectivity index (χ2n) is 9.65. The van der Waals surface area contributed by atoms with Crippen molar-refractivity contribution in [2.24, 2.45) is 0 Å². The molecule has 6 nitrogen and oxygen atoms in total. The van der Waals surface area contributed by atoms with E-state index in [0.29, 0.717) is 11.3 Å². The number of aromatic nitrogens is 2. The maximum absolute atomic E-state index is 12.9. The fourth-order valence-corrected chi connectivity index (χ4v) is 3.48. The van der Waals surface area contributed by atoms with Crippen molar-refractivity contribution in [3.63, 3.8) is 0 Å². The molecule has 0 aliphatic rings. The van der Waals surface area contributed by atoms with Crippen LogP contribution in [0.5, 0.6) is 5.75 Å². The largest absolute Gasteiger partial charge is 0.508 e. The number of nitrogens with zero attached hydrogens (tertiary/aromatic N) is 1. The van der Waals surface area contributed by atoms with Gasteiger partial charge in [0.05, 0.1) is 0 Å². The molecule has 0 bridgehead atoms. The first-order valence-electron chi connectivity index (χ1n) is 9.69. The van der Waals surface area contributed by atoms with Crippen molar-refractivity contribution in [3.05, 3.63) is 63.2 Å². The molecule has 3 aromatic rings. The summed E-state index contributed by atoms with van der Waals surface area (Å²) in [4.78, 5) is 28.7. The van der Waals surface area contributed by atoms with Gasteiger partial charge < -0.3 is 15.4 Å². The molecule has 3 N–H and O–H groups in total. The summed E-state index contributed by atoms with van der Waals surface area (Å²) >= 11 is 0. The number of benzene rings is 1. The number of amides is 1. The van der Waals surface area contributed by atoms with Gasteiger partial charge in [-0.05, 0) is 46.6 Å². The van der Waals surface area contributed by atoms with Gasteiger partial charge in [0.2, 0.25) is 0 Å². The third-order valence-electron chi connectivity index (χ3n) is 5.01. The van der Waals surface area contributed by atoms with Crippen LogP contribution in [-0.2, 0) is 10.8 Å². The van der Waals surface area contributed by atoms with Crippen LogP contribution in [0.2, 0.25) is 0 Å². The molecule has 1 amide bonds. The molecule has 0 unspecified atom stereocenters. The third-order valence-corrected chi connectivity index (χ3v) is 5.01. The standard InChI is InChI=1S/C23H29N3O3/c1-13-8-19-24-11-14(21(29)26(19)12-13)20(28)25-17-10-18(27)16(23(5,6)7)9-15(17)22(2,3)4/h8-12,24,27H,1-7H3,(H,25,28). The Balaban J connectivity index is 2.08. The number of phenolic OH excluding ortho intramolecular Hbond substituents is 1. The average Bonchev–Trinajstić information content (AvgIpc) is 2.94. The van der Waals surface area contributed by atoms with Crippen LogP contribution in [-0.4, -0.2) is 20.4 Å². The Morgan fingerprint density at radius 1 is 1.03 bits per heavy atom. The molecule has 0 radical (unpaired) electrons. The lowest BCUT2D eigenvalue weighted by Gasteiger charge is -2.28. The lowest BCUT2D eigenvalue weighted by Crippen LogP contribution is -2.27. The lowest BCUT2D eigenvalue weighted by molar-refractivity contribution is 0.102. The molecule has 29 heavy (non-hydrogen) atoms. The number of carbonyl (C=O) groups excluding carboxylic acids is 1. The smallest absolute Gasteiger partial charge is 0.270 e. The van der Waals surface area contributed by atoms with Gasteiger partial charge in [0.25, 0.3) is 11.5 Å². The predicted molar refractivity (Wildman–Crippen MR) is 116 cm³/mol. The van der Waals surface area contributed by atoms with Gasteiger partial charge in [-0.3, -0.25) is 14.0 Å². The van der Waals surface area contributed by atoms with Crippen LogP contribution in [0.25, 0.3) is 5.65 Å². The van der Waals surface area contributed by atoms with Gasteiger partial charge in [0, 0.05) is 24.1 Å². The first-order valence-corrected chi connectivity index (χ1v) is 9.69. The van der Waals surface area contributed by atoms with E-state index in [1.54, 1.807) is 12.3 Å². The number of fused-ring (bicyclic) bond motifs is 1. The van der Waals surface area contributed by atoms with E-state index in [9.17, 15) is 14.7 Å². The van der Waals surface area contributed by atoms with E-state index >= 15 is 0 Å². The number of hydrogen-bond donors (Lipinski definition) is 3. The predicted octanol–water partition coefficient (Wildman–Crippen LogP) is 4.49. The van der Waals surface area contributed by atoms with Gasteiger partial charge >= 0.3 is 0 Å². The summed E-state index contributed by atoms with van der Waals surface area (Å²) in [6.45, 7) is 14.1. The summed E-state index contributed by atoms with van der Waals surface area (Å²) in [5.41, 5.74) is 2.84. The van der Waals surface area contributed by atoms with Crippen molar-refractivity contribution in [3.8, 4) is 5.75 Å². The van der Waals surface area contributed by atoms with Crippen LogP contribution in [0.4, 0.5) is 5.69 Å². The summed E-state index contributed by atoms with van der Waals surface area (Å²) in [5.74, 6) is -0.404. The van der Waals surface area contributed by atoms with E-state index in [1.165, 1.54) is 10.6 Å². The zero-order valence-electron chi connectivity index (χ0n) is 18.1. The van der Waals surface area contributed by atoms with Crippen molar-refractivity contribution >= 4 is 17.2 Å². The van der Waals surface area contributed by atoms with E-state index in [0.717, 1.165) is 16.7 Å². The number of aryl methyl sites for hydroxylation is 1. The number of aromatic amines is 1. The average molecular weight is 396 g/mol. The first-order chi connectivity index (χ1) is 13.3. The van der Waals surface area contributed by atoms with Crippen LogP contribution in [0, 0.1) is 6.92 Å². The van der Waals surface area contributed by atoms with Crippen molar-refractivity contribution in [1.29, 1.82) is 0 Å². The summed E-state index contributed by atoms with van der Waals surface area (Å²) in [7, 11) is 0. The van der Waals surface area contributed by atoms with E-state index in [4.69, 9.17) is 0 Å². The third kappa shape index (κ3) is 3.92. The van der Waals surface area contributed by atoms with Gasteiger partial charge in [-0.1, -0.05) is 41.5 Å². The number of phenols is 1. The molecule has 0 aliphatic heterocycles. The lowest BCUT2D eigenvalue weighted by atomic mass is 9.79. The van der Waals surface area contributed by atoms with Crippen LogP contribution in [0.1, 0.15) is 68.6 Å². The highest BCUT2D eigenvalue weighted by atomic mass is 16.3. The Labute approximate surface area is 170 Å². The highest BCUT2D eigenvalue weighted by molar-refractivity contribution is 6.04. The second-order valence-corrected chi connectivity index (χ2v) is 9.65. The monoisotopic (exact) mass is 395 g/mol. The molecule has 0 aliphatic carbocycles. The zero-order chi connectivity index (χ0) is 21.7. The Morgan fingerprint density at radius 3 is 2.24 bits per heavy atom. The van der Waals surface area contributed by atoms with Crippen molar-refractivity contribution in [1.82, 2.24) is 9.38 Å². The summed E-state index contributed by atoms with van der Waals surface area (Å²) < 4.78 is 1.43. The van der Waals surface area contributed by atoms with Gasteiger partial charge in [-0.25, -0.2) is 0 Å². The maximum Gasteiger partial charge on any atom is 0.270 e. The minimum Gasteiger partial charge on any atom is -0.508 e. The fourth-order valence-electron chi connectivity index (χ4n) is 3.48. The van der Waals surface area contributed by atoms with E-state index in [-0.39, 0.29) is 22.1 Å². The van der Waals surface area contributed by atoms with E-state index < -0.39 is 11.5 Å². The van der Waals surface area contributed by atoms with E-state index in [1.807, 2.05) is 60.6 Å². The number of hydrogen-bond acceptors (Lipinski definition) is 3. The SMILES string of the molecule is Cc1cc2[nH]cc(C(=O)Nc3cc(O)c(C(C)(C)C)cc3C(C)(C)C)c(=O)n2c1. The van der Waals surface area contributed by atoms with Gasteiger partial charge in [0.15, 0.2) is 0 Å². The minimum absolute atomic E-state index is 0.00680. The molecule has 2 aromatic heterocycles. The first kappa shape index (κ1) is 20.7. The van der Waals surface area contributed by atoms with Gasteiger partial charge in [-0.2, -0.15) is 0 Å². The molecule has 0 atom stereocenters. The molecule has 3 rings (SSSR count). The topological polar surface area (TPSA) is 86.6 Å². The van der Waals surface area contributed by atoms with Crippen molar-refractivity contribution < 1.29 is 9.90 Å². The molecule has 0 saturated heterocycles. The number of nitrogens with one attached hydrogen (secondary N) is 2. The fraction of sp³-hybridized carbons (Fsp3) is 0.391. The number of anilines is 1. The maximum atomic E-state index is 12.9. The number of H-pyrrole nitrogens is 1. The molecular formula is C23H29N3O3. The Bertz CT molecular complexity index is 1160.